The highest BCUT2D eigenvalue weighted by Gasteiger charge is 2.23. The number of aryl methyl sites for hydroxylation is 1. The van der Waals surface area contributed by atoms with E-state index < -0.39 is 17.7 Å². The third kappa shape index (κ3) is 7.44. The van der Waals surface area contributed by atoms with Crippen LogP contribution in [-0.2, 0) is 16.0 Å². The first-order valence-corrected chi connectivity index (χ1v) is 16.1. The van der Waals surface area contributed by atoms with Crippen molar-refractivity contribution in [2.45, 2.75) is 46.5 Å². The quantitative estimate of drug-likeness (QED) is 0.0943. The molecule has 0 saturated carbocycles. The molecule has 2 atom stereocenters. The molecule has 236 valence electrons. The van der Waals surface area contributed by atoms with Crippen LogP contribution in [0.25, 0.3) is 20.2 Å². The minimum Gasteiger partial charge on any atom is -0.493 e. The van der Waals surface area contributed by atoms with E-state index >= 15 is 4.39 Å². The molecule has 44 heavy (non-hydrogen) atoms. The third-order valence-corrected chi connectivity index (χ3v) is 9.98. The highest BCUT2D eigenvalue weighted by Crippen LogP contribution is 2.45. The predicted octanol–water partition coefficient (Wildman–Crippen LogP) is 8.22. The Kier molecular flexibility index (Phi) is 11.1. The number of aliphatic carboxylic acids is 1. The summed E-state index contributed by atoms with van der Waals surface area (Å²) >= 11 is 9.35. The summed E-state index contributed by atoms with van der Waals surface area (Å²) < 4.78 is 39.6. The van der Waals surface area contributed by atoms with Gasteiger partial charge >= 0.3 is 5.97 Å². The van der Waals surface area contributed by atoms with Gasteiger partial charge in [0, 0.05) is 55.9 Å². The van der Waals surface area contributed by atoms with E-state index in [1.165, 1.54) is 43.8 Å². The van der Waals surface area contributed by atoms with Crippen molar-refractivity contribution in [1.29, 1.82) is 0 Å². The Labute approximate surface area is 267 Å². The molecule has 0 radical (unpaired) electrons. The molecule has 0 unspecified atom stereocenters. The van der Waals surface area contributed by atoms with Crippen LogP contribution in [0, 0.1) is 17.7 Å². The number of methoxy groups -OCH3 is 2. The van der Waals surface area contributed by atoms with Gasteiger partial charge in [-0.05, 0) is 31.9 Å². The van der Waals surface area contributed by atoms with Crippen molar-refractivity contribution in [2.75, 3.05) is 27.4 Å². The van der Waals surface area contributed by atoms with E-state index in [-0.39, 0.29) is 53.6 Å². The largest absolute Gasteiger partial charge is 0.493 e. The maximum atomic E-state index is 15.5. The number of thiophene rings is 2. The maximum Gasteiger partial charge on any atom is 0.306 e. The number of hydrogen-bond donors (Lipinski definition) is 1. The second-order valence-electron chi connectivity index (χ2n) is 10.6. The minimum atomic E-state index is -1.03. The van der Waals surface area contributed by atoms with Crippen molar-refractivity contribution >= 4 is 72.0 Å². The van der Waals surface area contributed by atoms with Crippen LogP contribution in [0.2, 0.25) is 5.02 Å². The monoisotopic (exact) mass is 664 g/mol. The molecule has 0 spiro atoms. The Morgan fingerprint density at radius 1 is 0.909 bits per heavy atom. The van der Waals surface area contributed by atoms with E-state index in [9.17, 15) is 14.4 Å². The summed E-state index contributed by atoms with van der Waals surface area (Å²) in [7, 11) is 2.94. The van der Waals surface area contributed by atoms with Gasteiger partial charge in [0.15, 0.2) is 34.6 Å². The molecule has 4 aromatic rings. The van der Waals surface area contributed by atoms with Crippen LogP contribution in [-0.4, -0.2) is 50.1 Å². The van der Waals surface area contributed by atoms with Crippen LogP contribution in [0.3, 0.4) is 0 Å². The van der Waals surface area contributed by atoms with Crippen LogP contribution >= 0.6 is 34.3 Å². The number of carbonyl (C=O) groups is 3. The number of fused-ring (bicyclic) bond motifs is 2. The second-order valence-corrected chi connectivity index (χ2v) is 13.2. The molecule has 4 rings (SSSR count). The Morgan fingerprint density at radius 2 is 1.52 bits per heavy atom. The number of Topliss-reactive ketones (excluding diaryl/α,β-unsaturated/α-hetero) is 2. The van der Waals surface area contributed by atoms with Gasteiger partial charge in [0.25, 0.3) is 0 Å². The van der Waals surface area contributed by atoms with Gasteiger partial charge in [0.05, 0.1) is 43.3 Å². The fourth-order valence-corrected chi connectivity index (χ4v) is 7.03. The predicted molar refractivity (Wildman–Crippen MR) is 171 cm³/mol. The Hall–Kier alpha value is -3.41. The zero-order valence-corrected chi connectivity index (χ0v) is 27.5. The Morgan fingerprint density at radius 3 is 2.14 bits per heavy atom. The zero-order valence-electron chi connectivity index (χ0n) is 25.1. The number of carboxylic acids is 1. The minimum absolute atomic E-state index is 0.0196. The fraction of sp³-hybridized carbons (Fsp3) is 0.406. The van der Waals surface area contributed by atoms with Gasteiger partial charge in [0.1, 0.15) is 5.78 Å². The molecule has 1 N–H and O–H groups in total. The number of ketones is 2. The molecular formula is C32H34ClFO8S2. The van der Waals surface area contributed by atoms with Crippen molar-refractivity contribution in [3.05, 3.63) is 44.9 Å². The molecule has 8 nitrogen and oxygen atoms in total. The molecule has 0 aliphatic heterocycles. The van der Waals surface area contributed by atoms with E-state index in [2.05, 4.69) is 0 Å². The number of benzene rings is 2. The summed E-state index contributed by atoms with van der Waals surface area (Å²) in [5.41, 5.74) is 0. The second kappa shape index (κ2) is 14.6. The van der Waals surface area contributed by atoms with Gasteiger partial charge in [-0.25, -0.2) is 4.39 Å². The number of carbonyl (C=O) groups excluding carboxylic acids is 2. The molecule has 0 bridgehead atoms. The van der Waals surface area contributed by atoms with Crippen LogP contribution in [0.4, 0.5) is 4.39 Å². The summed E-state index contributed by atoms with van der Waals surface area (Å²) in [6.45, 7) is 5.27. The zero-order chi connectivity index (χ0) is 32.1. The van der Waals surface area contributed by atoms with Crippen LogP contribution in [0.5, 0.6) is 23.0 Å². The number of carboxylic acid groups (broad SMARTS) is 1. The summed E-state index contributed by atoms with van der Waals surface area (Å²) in [6.07, 6.45) is 1.65. The van der Waals surface area contributed by atoms with E-state index in [0.29, 0.717) is 51.1 Å². The average Bonchev–Trinajstić information content (AvgIpc) is 3.61. The summed E-state index contributed by atoms with van der Waals surface area (Å²) in [4.78, 5) is 36.8. The molecule has 0 fully saturated rings. The van der Waals surface area contributed by atoms with Crippen molar-refractivity contribution in [1.82, 2.24) is 0 Å². The Bertz CT molecular complexity index is 1690. The fourth-order valence-electron chi connectivity index (χ4n) is 4.52. The first kappa shape index (κ1) is 33.5. The first-order chi connectivity index (χ1) is 20.9. The van der Waals surface area contributed by atoms with Crippen LogP contribution in [0.1, 0.15) is 54.6 Å². The highest BCUT2D eigenvalue weighted by atomic mass is 35.5. The third-order valence-electron chi connectivity index (χ3n) is 7.34. The first-order valence-electron chi connectivity index (χ1n) is 14.1. The SMILES string of the molecule is COc1cc2sc(CC[C@H](C)C(C)=O)cc2c(F)c1OCCCOc1c(OC)cc2sc(C(=O)C[C@H](C)C(=O)O)cc2c1Cl. The van der Waals surface area contributed by atoms with Crippen LogP contribution < -0.4 is 18.9 Å². The number of ether oxygens (including phenoxy) is 4. The highest BCUT2D eigenvalue weighted by molar-refractivity contribution is 7.21. The van der Waals surface area contributed by atoms with Crippen molar-refractivity contribution in [3.63, 3.8) is 0 Å². The molecule has 0 saturated heterocycles. The molecule has 0 aliphatic rings. The van der Waals surface area contributed by atoms with Gasteiger partial charge in [-0.1, -0.05) is 25.4 Å². The molecule has 0 amide bonds. The van der Waals surface area contributed by atoms with Crippen molar-refractivity contribution < 1.29 is 42.8 Å². The van der Waals surface area contributed by atoms with E-state index in [0.717, 1.165) is 9.58 Å². The molecule has 2 aromatic heterocycles. The lowest BCUT2D eigenvalue weighted by Crippen LogP contribution is -2.13. The number of rotatable bonds is 16. The van der Waals surface area contributed by atoms with E-state index in [4.69, 9.17) is 35.7 Å². The Balaban J connectivity index is 1.42. The summed E-state index contributed by atoms with van der Waals surface area (Å²) in [6, 6.07) is 6.92. The van der Waals surface area contributed by atoms with Gasteiger partial charge in [0.2, 0.25) is 0 Å². The normalized spacial score (nSPS) is 12.7. The van der Waals surface area contributed by atoms with Crippen molar-refractivity contribution in [2.24, 2.45) is 11.8 Å². The lowest BCUT2D eigenvalue weighted by molar-refractivity contribution is -0.141. The van der Waals surface area contributed by atoms with E-state index in [1.807, 2.05) is 6.92 Å². The van der Waals surface area contributed by atoms with Gasteiger partial charge in [-0.2, -0.15) is 0 Å². The van der Waals surface area contributed by atoms with Gasteiger partial charge in [-0.15, -0.1) is 22.7 Å². The molecule has 12 heteroatoms. The molecule has 0 aliphatic carbocycles. The molecule has 2 aromatic carbocycles. The van der Waals surface area contributed by atoms with Gasteiger partial charge in [-0.3, -0.25) is 14.4 Å². The van der Waals surface area contributed by atoms with Crippen LogP contribution in [0.15, 0.2) is 24.3 Å². The standard InChI is InChI=1S/C32H34ClFO8S2/c1-16(18(3)35)7-8-19-12-21-26(43-19)15-24(40-5)31(29(21)34)42-10-6-9-41-30-23(39-4)14-25-20(28(30)33)13-27(44-25)22(36)11-17(2)32(37)38/h12-17H,6-11H2,1-5H3,(H,37,38)/t16-,17-/m0/s1. The molecular weight excluding hydrogens is 631 g/mol. The average molecular weight is 665 g/mol. The van der Waals surface area contributed by atoms with Gasteiger partial charge < -0.3 is 24.1 Å². The number of hydrogen-bond acceptors (Lipinski definition) is 9. The smallest absolute Gasteiger partial charge is 0.306 e. The number of halogens is 2. The topological polar surface area (TPSA) is 108 Å². The summed E-state index contributed by atoms with van der Waals surface area (Å²) in [5.74, 6) is -1.54. The molecule has 2 heterocycles. The maximum absolute atomic E-state index is 15.5. The summed E-state index contributed by atoms with van der Waals surface area (Å²) in [5, 5.41) is 10.5. The van der Waals surface area contributed by atoms with E-state index in [1.54, 1.807) is 31.2 Å². The van der Waals surface area contributed by atoms with Crippen molar-refractivity contribution in [3.8, 4) is 23.0 Å². The lowest BCUT2D eigenvalue weighted by atomic mass is 10.0. The lowest BCUT2D eigenvalue weighted by Gasteiger charge is -2.14.